The van der Waals surface area contributed by atoms with Gasteiger partial charge in [-0.2, -0.15) is 0 Å². The van der Waals surface area contributed by atoms with E-state index in [-0.39, 0.29) is 11.8 Å². The Balaban J connectivity index is 1.60. The molecule has 3 amide bonds. The number of hydrogen-bond donors (Lipinski definition) is 3. The number of hydrogen-bond acceptors (Lipinski definition) is 6. The highest BCUT2D eigenvalue weighted by Gasteiger charge is 2.33. The van der Waals surface area contributed by atoms with Crippen LogP contribution in [-0.2, 0) is 25.5 Å². The van der Waals surface area contributed by atoms with Crippen LogP contribution < -0.4 is 20.7 Å². The third-order valence-corrected chi connectivity index (χ3v) is 9.07. The maximum absolute atomic E-state index is 13.2. The Labute approximate surface area is 351 Å². The summed E-state index contributed by atoms with van der Waals surface area (Å²) in [4.78, 5) is 50.4. The molecule has 3 N–H and O–H groups in total. The molecule has 0 saturated carbocycles. The molecule has 2 rings (SSSR count). The van der Waals surface area contributed by atoms with E-state index < -0.39 is 23.5 Å². The van der Waals surface area contributed by atoms with Gasteiger partial charge in [0.2, 0.25) is 5.91 Å². The van der Waals surface area contributed by atoms with Gasteiger partial charge in [-0.3, -0.25) is 14.4 Å². The lowest BCUT2D eigenvalue weighted by Crippen LogP contribution is -2.52. The van der Waals surface area contributed by atoms with Crippen molar-refractivity contribution in [2.75, 3.05) is 20.2 Å². The number of benzene rings is 2. The van der Waals surface area contributed by atoms with Crippen molar-refractivity contribution in [1.82, 2.24) is 16.0 Å². The van der Waals surface area contributed by atoms with Crippen LogP contribution in [0.4, 0.5) is 0 Å². The van der Waals surface area contributed by atoms with Crippen molar-refractivity contribution in [1.29, 1.82) is 0 Å². The average Bonchev–Trinajstić information content (AvgIpc) is 3.21. The van der Waals surface area contributed by atoms with E-state index in [0.29, 0.717) is 68.0 Å². The molecular weight excluding hydrogens is 750 g/mol. The Morgan fingerprint density at radius 3 is 1.81 bits per heavy atom. The Morgan fingerprint density at radius 2 is 1.26 bits per heavy atom. The summed E-state index contributed by atoms with van der Waals surface area (Å²) < 4.78 is 11.0. The van der Waals surface area contributed by atoms with Crippen LogP contribution in [0.5, 0.6) is 5.75 Å². The summed E-state index contributed by atoms with van der Waals surface area (Å²) in [5, 5.41) is 9.16. The Hall–Kier alpha value is -5.15. The second-order valence-electron chi connectivity index (χ2n) is 14.1. The van der Waals surface area contributed by atoms with Gasteiger partial charge in [-0.25, -0.2) is 4.79 Å². The zero-order valence-electron chi connectivity index (χ0n) is 34.9. The number of amides is 3. The molecule has 2 aromatic carbocycles. The molecule has 2 aromatic rings. The number of ether oxygens (including phenoxy) is 2. The highest BCUT2D eigenvalue weighted by molar-refractivity contribution is 6.30. The van der Waals surface area contributed by atoms with Crippen LogP contribution >= 0.6 is 11.6 Å². The first kappa shape index (κ1) is 49.0. The van der Waals surface area contributed by atoms with E-state index in [2.05, 4.69) is 89.7 Å². The Bertz CT molecular complexity index is 1690. The van der Waals surface area contributed by atoms with E-state index in [9.17, 15) is 19.2 Å². The predicted octanol–water partition coefficient (Wildman–Crippen LogP) is 9.89. The molecule has 0 saturated heterocycles. The molecule has 0 aliphatic heterocycles. The van der Waals surface area contributed by atoms with Crippen molar-refractivity contribution in [2.45, 2.75) is 109 Å². The van der Waals surface area contributed by atoms with E-state index >= 15 is 0 Å². The van der Waals surface area contributed by atoms with Gasteiger partial charge in [-0.05, 0) is 126 Å². The van der Waals surface area contributed by atoms with Gasteiger partial charge >= 0.3 is 5.97 Å². The molecule has 9 nitrogen and oxygen atoms in total. The molecule has 1 unspecified atom stereocenters. The fourth-order valence-electron chi connectivity index (χ4n) is 5.46. The SMILES string of the molecule is CCC=CCC=CCC=CCC=CCC=CCC=CCCC(=O)NCCCCC(NC(=O)C(C)(C)Oc1ccc(CCNC(=O)c2ccc(Cl)cc2)cc1)C(=O)OC. The van der Waals surface area contributed by atoms with Crippen LogP contribution in [0.1, 0.15) is 107 Å². The maximum Gasteiger partial charge on any atom is 0.328 e. The fourth-order valence-corrected chi connectivity index (χ4v) is 5.58. The van der Waals surface area contributed by atoms with Crippen molar-refractivity contribution in [2.24, 2.45) is 0 Å². The molecule has 0 aliphatic rings. The van der Waals surface area contributed by atoms with Gasteiger partial charge in [0.15, 0.2) is 5.60 Å². The Kier molecular flexibility index (Phi) is 25.3. The molecular formula is C48H64ClN3O6. The summed E-state index contributed by atoms with van der Waals surface area (Å²) in [6.45, 7) is 6.33. The molecule has 10 heteroatoms. The molecule has 0 radical (unpaired) electrons. The number of carbonyl (C=O) groups is 4. The maximum atomic E-state index is 13.2. The lowest BCUT2D eigenvalue weighted by Gasteiger charge is -2.27. The molecule has 0 bridgehead atoms. The van der Waals surface area contributed by atoms with Gasteiger partial charge in [0.25, 0.3) is 11.8 Å². The number of unbranched alkanes of at least 4 members (excludes halogenated alkanes) is 1. The number of nitrogens with one attached hydrogen (secondary N) is 3. The summed E-state index contributed by atoms with van der Waals surface area (Å²) in [7, 11) is 1.28. The fraction of sp³-hybridized carbons (Fsp3) is 0.417. The lowest BCUT2D eigenvalue weighted by atomic mass is 10.1. The number of esters is 1. The minimum absolute atomic E-state index is 0.0230. The summed E-state index contributed by atoms with van der Waals surface area (Å²) >= 11 is 5.89. The van der Waals surface area contributed by atoms with Gasteiger partial charge in [-0.1, -0.05) is 104 Å². The van der Waals surface area contributed by atoms with Crippen LogP contribution in [0.25, 0.3) is 0 Å². The third-order valence-electron chi connectivity index (χ3n) is 8.82. The first-order valence-electron chi connectivity index (χ1n) is 20.4. The lowest BCUT2D eigenvalue weighted by molar-refractivity contribution is -0.147. The second kappa shape index (κ2) is 30.0. The molecule has 0 aliphatic carbocycles. The largest absolute Gasteiger partial charge is 0.478 e. The topological polar surface area (TPSA) is 123 Å². The number of allylic oxidation sites excluding steroid dienone is 12. The highest BCUT2D eigenvalue weighted by atomic mass is 35.5. The highest BCUT2D eigenvalue weighted by Crippen LogP contribution is 2.20. The van der Waals surface area contributed by atoms with Gasteiger partial charge in [0.1, 0.15) is 11.8 Å². The number of rotatable bonds is 28. The number of halogens is 1. The van der Waals surface area contributed by atoms with Crippen LogP contribution in [0.15, 0.2) is 121 Å². The number of carbonyl (C=O) groups excluding carboxylic acids is 4. The minimum atomic E-state index is -1.28. The van der Waals surface area contributed by atoms with Gasteiger partial charge in [-0.15, -0.1) is 0 Å². The zero-order chi connectivity index (χ0) is 42.3. The van der Waals surface area contributed by atoms with Gasteiger partial charge in [0.05, 0.1) is 7.11 Å². The first-order chi connectivity index (χ1) is 28.1. The van der Waals surface area contributed by atoms with Crippen molar-refractivity contribution >= 4 is 35.3 Å². The van der Waals surface area contributed by atoms with E-state index in [4.69, 9.17) is 21.1 Å². The van der Waals surface area contributed by atoms with Gasteiger partial charge < -0.3 is 25.4 Å². The molecule has 0 fully saturated rings. The molecule has 1 atom stereocenters. The molecule has 0 heterocycles. The second-order valence-corrected chi connectivity index (χ2v) is 14.6. The van der Waals surface area contributed by atoms with Crippen molar-refractivity contribution in [3.8, 4) is 5.75 Å². The predicted molar refractivity (Wildman–Crippen MR) is 237 cm³/mol. The van der Waals surface area contributed by atoms with Crippen molar-refractivity contribution in [3.05, 3.63) is 138 Å². The standard InChI is InChI=1S/C48H64ClN3O6/c1-5-6-7-8-9-10-11-12-13-14-15-16-17-18-19-20-21-22-23-27-44(53)50-37-25-24-26-43(46(55)57-4)52-47(56)48(2,3)58-42-34-28-39(29-35-42)36-38-51-45(54)40-30-32-41(49)33-31-40/h6-7,9-10,12-13,15-16,18-19,21-22,28-35,43H,5,8,11,14,17,20,23-27,36-38H2,1-4H3,(H,50,53)(H,51,54)(H,52,56). The Morgan fingerprint density at radius 1 is 0.707 bits per heavy atom. The third kappa shape index (κ3) is 22.6. The molecule has 314 valence electrons. The van der Waals surface area contributed by atoms with E-state index in [1.807, 2.05) is 18.2 Å². The average molecular weight is 815 g/mol. The van der Waals surface area contributed by atoms with E-state index in [1.165, 1.54) is 7.11 Å². The summed E-state index contributed by atoms with van der Waals surface area (Å²) in [5.41, 5.74) is 0.242. The zero-order valence-corrected chi connectivity index (χ0v) is 35.6. The summed E-state index contributed by atoms with van der Waals surface area (Å²) in [6.07, 6.45) is 34.9. The number of methoxy groups -OCH3 is 1. The van der Waals surface area contributed by atoms with Crippen LogP contribution in [0.2, 0.25) is 5.02 Å². The summed E-state index contributed by atoms with van der Waals surface area (Å²) in [6, 6.07) is 13.1. The van der Waals surface area contributed by atoms with Crippen LogP contribution in [-0.4, -0.2) is 55.5 Å². The molecule has 0 spiro atoms. The van der Waals surface area contributed by atoms with E-state index in [0.717, 1.165) is 44.1 Å². The van der Waals surface area contributed by atoms with Crippen molar-refractivity contribution in [3.63, 3.8) is 0 Å². The first-order valence-corrected chi connectivity index (χ1v) is 20.8. The van der Waals surface area contributed by atoms with Crippen LogP contribution in [0.3, 0.4) is 0 Å². The monoisotopic (exact) mass is 813 g/mol. The van der Waals surface area contributed by atoms with Gasteiger partial charge in [0, 0.05) is 30.1 Å². The van der Waals surface area contributed by atoms with Crippen molar-refractivity contribution < 1.29 is 28.7 Å². The smallest absolute Gasteiger partial charge is 0.328 e. The van der Waals surface area contributed by atoms with E-state index in [1.54, 1.807) is 50.2 Å². The minimum Gasteiger partial charge on any atom is -0.478 e. The summed E-state index contributed by atoms with van der Waals surface area (Å²) in [5.74, 6) is -0.716. The van der Waals surface area contributed by atoms with Crippen LogP contribution in [0, 0.1) is 0 Å². The molecule has 0 aromatic heterocycles. The quantitative estimate of drug-likeness (QED) is 0.0447. The molecule has 58 heavy (non-hydrogen) atoms. The normalized spacial score (nSPS) is 12.6.